The van der Waals surface area contributed by atoms with Gasteiger partial charge >= 0.3 is 0 Å². The molecule has 2 aromatic rings. The number of piperidine rings is 1. The molecule has 2 nitrogen and oxygen atoms in total. The van der Waals surface area contributed by atoms with Crippen molar-refractivity contribution in [2.24, 2.45) is 0 Å². The Kier molecular flexibility index (Phi) is 4.98. The predicted molar refractivity (Wildman–Crippen MR) is 115 cm³/mol. The minimum Gasteiger partial charge on any atom is -0.369 e. The molecule has 0 N–H and O–H groups in total. The molecule has 1 saturated heterocycles. The van der Waals surface area contributed by atoms with Gasteiger partial charge in [0.05, 0.1) is 0 Å². The standard InChI is InChI=1S/C24H28N2S/c1-2-5-21-17-26(15-13-20(21)4-1)22-6-3-14-25(18-22)16-19-7-9-23(10-8-19)27-24-11-12-24/h1-2,4-5,7-10,13,15,22,24H,3,6,11-12,14,16-18H2. The summed E-state index contributed by atoms with van der Waals surface area (Å²) in [5, 5.41) is 0.890. The zero-order valence-electron chi connectivity index (χ0n) is 15.9. The first kappa shape index (κ1) is 17.4. The zero-order chi connectivity index (χ0) is 18.1. The van der Waals surface area contributed by atoms with Gasteiger partial charge in [0.25, 0.3) is 0 Å². The van der Waals surface area contributed by atoms with Crippen LogP contribution in [0, 0.1) is 0 Å². The first-order valence-electron chi connectivity index (χ1n) is 10.3. The second-order valence-corrected chi connectivity index (χ2v) is 9.55. The summed E-state index contributed by atoms with van der Waals surface area (Å²) in [6, 6.07) is 18.7. The van der Waals surface area contributed by atoms with Gasteiger partial charge in [-0.3, -0.25) is 4.90 Å². The van der Waals surface area contributed by atoms with Gasteiger partial charge in [-0.15, -0.1) is 11.8 Å². The van der Waals surface area contributed by atoms with Crippen LogP contribution in [0.1, 0.15) is 42.4 Å². The van der Waals surface area contributed by atoms with Crippen LogP contribution < -0.4 is 0 Å². The van der Waals surface area contributed by atoms with E-state index in [9.17, 15) is 0 Å². The average molecular weight is 377 g/mol. The van der Waals surface area contributed by atoms with Crippen LogP contribution >= 0.6 is 11.8 Å². The molecule has 1 atom stereocenters. The van der Waals surface area contributed by atoms with E-state index in [1.165, 1.54) is 60.4 Å². The molecule has 140 valence electrons. The maximum absolute atomic E-state index is 2.64. The van der Waals surface area contributed by atoms with Crippen molar-refractivity contribution in [1.82, 2.24) is 9.80 Å². The van der Waals surface area contributed by atoms with Crippen LogP contribution in [0.2, 0.25) is 0 Å². The van der Waals surface area contributed by atoms with Gasteiger partial charge in [0.15, 0.2) is 0 Å². The largest absolute Gasteiger partial charge is 0.369 e. The molecule has 2 aromatic carbocycles. The van der Waals surface area contributed by atoms with Crippen molar-refractivity contribution in [2.45, 2.75) is 55.0 Å². The maximum Gasteiger partial charge on any atom is 0.0433 e. The van der Waals surface area contributed by atoms with E-state index in [4.69, 9.17) is 0 Å². The van der Waals surface area contributed by atoms with Crippen molar-refractivity contribution >= 4 is 17.8 Å². The van der Waals surface area contributed by atoms with Crippen LogP contribution in [0.5, 0.6) is 0 Å². The van der Waals surface area contributed by atoms with E-state index in [2.05, 4.69) is 82.4 Å². The Bertz CT molecular complexity index is 809. The molecule has 2 fully saturated rings. The van der Waals surface area contributed by atoms with Gasteiger partial charge in [0.2, 0.25) is 0 Å². The lowest BCUT2D eigenvalue weighted by Gasteiger charge is -2.40. The molecule has 5 rings (SSSR count). The topological polar surface area (TPSA) is 6.48 Å². The number of likely N-dealkylation sites (tertiary alicyclic amines) is 1. The number of nitrogens with zero attached hydrogens (tertiary/aromatic N) is 2. The van der Waals surface area contributed by atoms with Gasteiger partial charge in [0.1, 0.15) is 0 Å². The van der Waals surface area contributed by atoms with Gasteiger partial charge in [0, 0.05) is 42.0 Å². The molecule has 0 spiro atoms. The monoisotopic (exact) mass is 376 g/mol. The van der Waals surface area contributed by atoms with Crippen molar-refractivity contribution in [3.05, 3.63) is 71.4 Å². The van der Waals surface area contributed by atoms with E-state index < -0.39 is 0 Å². The number of benzene rings is 2. The predicted octanol–water partition coefficient (Wildman–Crippen LogP) is 5.39. The van der Waals surface area contributed by atoms with E-state index in [-0.39, 0.29) is 0 Å². The summed E-state index contributed by atoms with van der Waals surface area (Å²) >= 11 is 2.05. The molecule has 27 heavy (non-hydrogen) atoms. The molecular formula is C24H28N2S. The van der Waals surface area contributed by atoms with Crippen LogP contribution in [0.3, 0.4) is 0 Å². The van der Waals surface area contributed by atoms with Gasteiger partial charge in [-0.25, -0.2) is 0 Å². The van der Waals surface area contributed by atoms with Gasteiger partial charge in [-0.05, 0) is 67.1 Å². The minimum atomic E-state index is 0.632. The third kappa shape index (κ3) is 4.25. The highest BCUT2D eigenvalue weighted by molar-refractivity contribution is 8.00. The van der Waals surface area contributed by atoms with Crippen LogP contribution in [0.25, 0.3) is 6.08 Å². The second kappa shape index (κ2) is 7.73. The molecule has 1 unspecified atom stereocenters. The summed E-state index contributed by atoms with van der Waals surface area (Å²) in [5.74, 6) is 0. The van der Waals surface area contributed by atoms with Crippen molar-refractivity contribution in [1.29, 1.82) is 0 Å². The van der Waals surface area contributed by atoms with E-state index in [1.807, 2.05) is 0 Å². The summed E-state index contributed by atoms with van der Waals surface area (Å²) < 4.78 is 0. The molecule has 2 heterocycles. The second-order valence-electron chi connectivity index (χ2n) is 8.18. The smallest absolute Gasteiger partial charge is 0.0433 e. The Hall–Kier alpha value is -1.71. The van der Waals surface area contributed by atoms with Crippen molar-refractivity contribution < 1.29 is 0 Å². The van der Waals surface area contributed by atoms with Crippen LogP contribution in [-0.4, -0.2) is 34.2 Å². The molecule has 1 aliphatic carbocycles. The first-order valence-corrected chi connectivity index (χ1v) is 11.2. The van der Waals surface area contributed by atoms with Gasteiger partial charge < -0.3 is 4.90 Å². The Labute approximate surface area is 167 Å². The molecule has 0 bridgehead atoms. The van der Waals surface area contributed by atoms with Crippen LogP contribution in [0.15, 0.2) is 59.6 Å². The summed E-state index contributed by atoms with van der Waals surface area (Å²) in [6.07, 6.45) is 10.0. The Morgan fingerprint density at radius 1 is 0.963 bits per heavy atom. The maximum atomic E-state index is 2.64. The van der Waals surface area contributed by atoms with E-state index >= 15 is 0 Å². The molecule has 0 aromatic heterocycles. The summed E-state index contributed by atoms with van der Waals surface area (Å²) in [4.78, 5) is 6.64. The third-order valence-corrected chi connectivity index (χ3v) is 7.31. The minimum absolute atomic E-state index is 0.632. The fourth-order valence-corrected chi connectivity index (χ4v) is 5.32. The highest BCUT2D eigenvalue weighted by Crippen LogP contribution is 2.39. The SMILES string of the molecule is C1=CN(C2CCCN(Cc3ccc(SC4CC4)cc3)C2)Cc2ccccc21. The fourth-order valence-electron chi connectivity index (χ4n) is 4.27. The zero-order valence-corrected chi connectivity index (χ0v) is 16.7. The molecule has 0 amide bonds. The number of hydrogen-bond donors (Lipinski definition) is 0. The molecule has 2 aliphatic heterocycles. The van der Waals surface area contributed by atoms with Crippen LogP contribution in [0.4, 0.5) is 0 Å². The Balaban J connectivity index is 1.20. The highest BCUT2D eigenvalue weighted by Gasteiger charge is 2.26. The third-order valence-electron chi connectivity index (χ3n) is 5.96. The molecule has 0 radical (unpaired) electrons. The van der Waals surface area contributed by atoms with Crippen molar-refractivity contribution in [3.63, 3.8) is 0 Å². The lowest BCUT2D eigenvalue weighted by molar-refractivity contribution is 0.120. The normalized spacial score (nSPS) is 22.7. The average Bonchev–Trinajstić information content (AvgIpc) is 3.53. The molecular weight excluding hydrogens is 348 g/mol. The van der Waals surface area contributed by atoms with E-state index in [0.29, 0.717) is 6.04 Å². The molecule has 1 saturated carbocycles. The number of fused-ring (bicyclic) bond motifs is 1. The van der Waals surface area contributed by atoms with E-state index in [1.54, 1.807) is 0 Å². The highest BCUT2D eigenvalue weighted by atomic mass is 32.2. The number of hydrogen-bond acceptors (Lipinski definition) is 3. The molecule has 3 heteroatoms. The molecule has 3 aliphatic rings. The fraction of sp³-hybridized carbons (Fsp3) is 0.417. The van der Waals surface area contributed by atoms with Gasteiger partial charge in [-0.2, -0.15) is 0 Å². The van der Waals surface area contributed by atoms with Crippen molar-refractivity contribution in [3.8, 4) is 0 Å². The van der Waals surface area contributed by atoms with Gasteiger partial charge in [-0.1, -0.05) is 36.4 Å². The number of thioether (sulfide) groups is 1. The van der Waals surface area contributed by atoms with E-state index in [0.717, 1.165) is 18.3 Å². The van der Waals surface area contributed by atoms with Crippen LogP contribution in [-0.2, 0) is 13.1 Å². The summed E-state index contributed by atoms with van der Waals surface area (Å²) in [7, 11) is 0. The summed E-state index contributed by atoms with van der Waals surface area (Å²) in [6.45, 7) is 4.53. The Morgan fingerprint density at radius 2 is 1.81 bits per heavy atom. The quantitative estimate of drug-likeness (QED) is 0.690. The first-order chi connectivity index (χ1) is 13.3. The Morgan fingerprint density at radius 3 is 2.67 bits per heavy atom. The van der Waals surface area contributed by atoms with Crippen molar-refractivity contribution in [2.75, 3.05) is 13.1 Å². The lowest BCUT2D eigenvalue weighted by atomic mass is 9.99. The summed E-state index contributed by atoms with van der Waals surface area (Å²) in [5.41, 5.74) is 4.29. The number of rotatable bonds is 5. The lowest BCUT2D eigenvalue weighted by Crippen LogP contribution is -2.45.